The highest BCUT2D eigenvalue weighted by Gasteiger charge is 2.30. The lowest BCUT2D eigenvalue weighted by Crippen LogP contribution is -2.23. The quantitative estimate of drug-likeness (QED) is 0.423. The lowest BCUT2D eigenvalue weighted by atomic mass is 9.97. The van der Waals surface area contributed by atoms with Gasteiger partial charge in [0.1, 0.15) is 5.82 Å². The molecule has 2 nitrogen and oxygen atoms in total. The zero-order valence-corrected chi connectivity index (χ0v) is 14.9. The second-order valence-electron chi connectivity index (χ2n) is 6.65. The number of fused-ring (bicyclic) bond motifs is 5. The maximum atomic E-state index is 14.0. The van der Waals surface area contributed by atoms with Crippen LogP contribution in [0.4, 0.5) is 10.1 Å². The van der Waals surface area contributed by atoms with E-state index in [2.05, 4.69) is 28.9 Å². The minimum absolute atomic E-state index is 0.0300. The number of para-hydroxylation sites is 1. The third kappa shape index (κ3) is 2.17. The average Bonchev–Trinajstić information content (AvgIpc) is 2.96. The maximum absolute atomic E-state index is 14.0. The molecule has 0 radical (unpaired) electrons. The van der Waals surface area contributed by atoms with E-state index >= 15 is 0 Å². The van der Waals surface area contributed by atoms with Crippen LogP contribution in [0.2, 0.25) is 5.02 Å². The monoisotopic (exact) mass is 362 g/mol. The zero-order valence-electron chi connectivity index (χ0n) is 14.1. The highest BCUT2D eigenvalue weighted by molar-refractivity contribution is 6.30. The molecule has 1 aliphatic heterocycles. The molecule has 128 valence electrons. The highest BCUT2D eigenvalue weighted by Crippen LogP contribution is 2.43. The Morgan fingerprint density at radius 3 is 2.58 bits per heavy atom. The van der Waals surface area contributed by atoms with Gasteiger partial charge in [0.05, 0.1) is 28.6 Å². The van der Waals surface area contributed by atoms with Gasteiger partial charge in [-0.1, -0.05) is 41.9 Å². The molecule has 1 aliphatic rings. The van der Waals surface area contributed by atoms with Crippen LogP contribution in [0.25, 0.3) is 16.6 Å². The first-order valence-corrected chi connectivity index (χ1v) is 8.93. The molecular formula is C22H16ClFN2. The van der Waals surface area contributed by atoms with Gasteiger partial charge >= 0.3 is 0 Å². The molecule has 1 atom stereocenters. The molecule has 0 saturated heterocycles. The van der Waals surface area contributed by atoms with Gasteiger partial charge < -0.3 is 9.88 Å². The van der Waals surface area contributed by atoms with Crippen molar-refractivity contribution in [3.05, 3.63) is 94.4 Å². The van der Waals surface area contributed by atoms with Gasteiger partial charge in [0.15, 0.2) is 0 Å². The van der Waals surface area contributed by atoms with Gasteiger partial charge in [0.2, 0.25) is 0 Å². The summed E-state index contributed by atoms with van der Waals surface area (Å²) in [6.07, 6.45) is 0. The number of hydrogen-bond donors (Lipinski definition) is 1. The number of rotatable bonds is 1. The van der Waals surface area contributed by atoms with Crippen molar-refractivity contribution in [3.8, 4) is 5.69 Å². The second kappa shape index (κ2) is 5.61. The Morgan fingerprint density at radius 2 is 1.77 bits per heavy atom. The summed E-state index contributed by atoms with van der Waals surface area (Å²) in [4.78, 5) is 0. The van der Waals surface area contributed by atoms with Crippen molar-refractivity contribution >= 4 is 28.2 Å². The highest BCUT2D eigenvalue weighted by atomic mass is 35.5. The molecule has 0 bridgehead atoms. The van der Waals surface area contributed by atoms with Crippen molar-refractivity contribution in [1.82, 2.24) is 4.57 Å². The Morgan fingerprint density at radius 1 is 1.00 bits per heavy atom. The summed E-state index contributed by atoms with van der Waals surface area (Å²) in [7, 11) is 0. The van der Waals surface area contributed by atoms with Gasteiger partial charge in [-0.3, -0.25) is 0 Å². The Hall–Kier alpha value is -2.78. The molecule has 1 aromatic heterocycles. The minimum atomic E-state index is -0.239. The van der Waals surface area contributed by atoms with E-state index in [0.29, 0.717) is 5.02 Å². The van der Waals surface area contributed by atoms with Crippen molar-refractivity contribution in [2.24, 2.45) is 0 Å². The van der Waals surface area contributed by atoms with Crippen LogP contribution in [-0.4, -0.2) is 4.57 Å². The summed E-state index contributed by atoms with van der Waals surface area (Å²) >= 11 is 6.08. The van der Waals surface area contributed by atoms with E-state index in [-0.39, 0.29) is 11.9 Å². The molecule has 3 aromatic carbocycles. The zero-order chi connectivity index (χ0) is 17.8. The molecule has 0 fully saturated rings. The lowest BCUT2D eigenvalue weighted by molar-refractivity contribution is 0.625. The number of aryl methyl sites for hydroxylation is 1. The Bertz CT molecular complexity index is 1140. The minimum Gasteiger partial charge on any atom is -0.371 e. The summed E-state index contributed by atoms with van der Waals surface area (Å²) < 4.78 is 16.2. The van der Waals surface area contributed by atoms with Gasteiger partial charge in [0.25, 0.3) is 0 Å². The first kappa shape index (κ1) is 15.5. The van der Waals surface area contributed by atoms with Crippen LogP contribution in [-0.2, 0) is 0 Å². The van der Waals surface area contributed by atoms with Gasteiger partial charge in [-0.05, 0) is 54.4 Å². The topological polar surface area (TPSA) is 17.0 Å². The average molecular weight is 363 g/mol. The lowest BCUT2D eigenvalue weighted by Gasteiger charge is -2.31. The first-order valence-electron chi connectivity index (χ1n) is 8.55. The number of anilines is 1. The van der Waals surface area contributed by atoms with Crippen molar-refractivity contribution in [2.45, 2.75) is 13.0 Å². The molecule has 5 rings (SSSR count). The molecule has 1 unspecified atom stereocenters. The molecular weight excluding hydrogens is 347 g/mol. The summed E-state index contributed by atoms with van der Waals surface area (Å²) in [5.41, 5.74) is 6.30. The Labute approximate surface area is 155 Å². The number of benzene rings is 3. The molecule has 0 aliphatic carbocycles. The number of nitrogens with zero attached hydrogens (tertiary/aromatic N) is 1. The van der Waals surface area contributed by atoms with E-state index < -0.39 is 0 Å². The maximum Gasteiger partial charge on any atom is 0.125 e. The molecule has 26 heavy (non-hydrogen) atoms. The van der Waals surface area contributed by atoms with E-state index in [1.165, 1.54) is 17.0 Å². The van der Waals surface area contributed by atoms with Crippen molar-refractivity contribution < 1.29 is 4.39 Å². The number of hydrogen-bond acceptors (Lipinski definition) is 1. The Balaban J connectivity index is 1.86. The fraction of sp³-hybridized carbons (Fsp3) is 0.0909. The molecule has 0 saturated carbocycles. The Kier molecular flexibility index (Phi) is 3.34. The number of halogens is 2. The SMILES string of the molecule is Cc1c2n(c3ccccc13)-c1cc(F)ccc1NC2c1ccc(Cl)cc1. The summed E-state index contributed by atoms with van der Waals surface area (Å²) in [5.74, 6) is -0.239. The van der Waals surface area contributed by atoms with Crippen molar-refractivity contribution in [1.29, 1.82) is 0 Å². The van der Waals surface area contributed by atoms with Crippen molar-refractivity contribution in [2.75, 3.05) is 5.32 Å². The van der Waals surface area contributed by atoms with Gasteiger partial charge in [0, 0.05) is 10.4 Å². The molecule has 2 heterocycles. The van der Waals surface area contributed by atoms with Crippen LogP contribution in [0.15, 0.2) is 66.7 Å². The van der Waals surface area contributed by atoms with Gasteiger partial charge in [-0.2, -0.15) is 0 Å². The number of aromatic nitrogens is 1. The third-order valence-corrected chi connectivity index (χ3v) is 5.40. The standard InChI is InChI=1S/C22H16ClFN2/c1-13-17-4-2-3-5-19(17)26-20-12-16(24)10-11-18(20)25-21(22(13)26)14-6-8-15(23)9-7-14/h2-12,21,25H,1H3. The number of nitrogens with one attached hydrogen (secondary N) is 1. The smallest absolute Gasteiger partial charge is 0.125 e. The summed E-state index contributed by atoms with van der Waals surface area (Å²) in [6.45, 7) is 2.13. The summed E-state index contributed by atoms with van der Waals surface area (Å²) in [6, 6.07) is 21.0. The van der Waals surface area contributed by atoms with Gasteiger partial charge in [-0.15, -0.1) is 0 Å². The molecule has 0 spiro atoms. The fourth-order valence-electron chi connectivity index (χ4n) is 3.96. The predicted octanol–water partition coefficient (Wildman–Crippen LogP) is 6.25. The van der Waals surface area contributed by atoms with Crippen LogP contribution in [0.1, 0.15) is 22.9 Å². The fourth-order valence-corrected chi connectivity index (χ4v) is 4.08. The van der Waals surface area contributed by atoms with E-state index in [0.717, 1.165) is 28.1 Å². The molecule has 4 aromatic rings. The normalized spacial score (nSPS) is 15.4. The largest absolute Gasteiger partial charge is 0.371 e. The van der Waals surface area contributed by atoms with Crippen LogP contribution >= 0.6 is 11.6 Å². The molecule has 4 heteroatoms. The molecule has 0 amide bonds. The van der Waals surface area contributed by atoms with E-state index in [4.69, 9.17) is 11.6 Å². The van der Waals surface area contributed by atoms with Crippen LogP contribution in [0, 0.1) is 12.7 Å². The van der Waals surface area contributed by atoms with Crippen LogP contribution in [0.3, 0.4) is 0 Å². The van der Waals surface area contributed by atoms with Crippen molar-refractivity contribution in [3.63, 3.8) is 0 Å². The summed E-state index contributed by atoms with van der Waals surface area (Å²) in [5, 5.41) is 5.48. The van der Waals surface area contributed by atoms with E-state index in [1.807, 2.05) is 36.4 Å². The first-order chi connectivity index (χ1) is 12.6. The predicted molar refractivity (Wildman–Crippen MR) is 105 cm³/mol. The third-order valence-electron chi connectivity index (χ3n) is 5.15. The van der Waals surface area contributed by atoms with Crippen LogP contribution in [0.5, 0.6) is 0 Å². The second-order valence-corrected chi connectivity index (χ2v) is 7.09. The molecule has 1 N–H and O–H groups in total. The van der Waals surface area contributed by atoms with E-state index in [1.54, 1.807) is 12.1 Å². The van der Waals surface area contributed by atoms with E-state index in [9.17, 15) is 4.39 Å². The van der Waals surface area contributed by atoms with Gasteiger partial charge in [-0.25, -0.2) is 4.39 Å². The van der Waals surface area contributed by atoms with Crippen LogP contribution < -0.4 is 5.32 Å².